The Bertz CT molecular complexity index is 1040. The highest BCUT2D eigenvalue weighted by Crippen LogP contribution is 2.34. The second kappa shape index (κ2) is 10.8. The lowest BCUT2D eigenvalue weighted by atomic mass is 10.1. The zero-order valence-electron chi connectivity index (χ0n) is 19.6. The second-order valence-electron chi connectivity index (χ2n) is 8.85. The number of anilines is 2. The molecule has 0 spiro atoms. The number of rotatable bonds is 7. The molecule has 1 aliphatic rings. The summed E-state index contributed by atoms with van der Waals surface area (Å²) in [6, 6.07) is 17.8. The number of carbonyl (C=O) groups is 1. The van der Waals surface area contributed by atoms with Gasteiger partial charge in [0.25, 0.3) is 0 Å². The molecule has 1 N–H and O–H groups in total. The number of aromatic nitrogens is 1. The molecule has 0 atom stereocenters. The number of nitrogens with one attached hydrogen (secondary N) is 1. The van der Waals surface area contributed by atoms with Gasteiger partial charge in [0, 0.05) is 42.4 Å². The van der Waals surface area contributed by atoms with E-state index in [1.54, 1.807) is 0 Å². The molecule has 2 aromatic carbocycles. The molecule has 33 heavy (non-hydrogen) atoms. The van der Waals surface area contributed by atoms with Crippen LogP contribution in [0.25, 0.3) is 11.3 Å². The van der Waals surface area contributed by atoms with Gasteiger partial charge in [-0.2, -0.15) is 11.8 Å². The quantitative estimate of drug-likeness (QED) is 0.472. The largest absolute Gasteiger partial charge is 0.339 e. The van der Waals surface area contributed by atoms with Crippen LogP contribution < -0.4 is 10.2 Å². The number of benzene rings is 2. The van der Waals surface area contributed by atoms with Crippen molar-refractivity contribution in [3.8, 4) is 11.3 Å². The van der Waals surface area contributed by atoms with Crippen LogP contribution in [0.4, 0.5) is 16.4 Å². The van der Waals surface area contributed by atoms with Crippen molar-refractivity contribution in [1.82, 2.24) is 10.1 Å². The summed E-state index contributed by atoms with van der Waals surface area (Å²) in [6.45, 7) is 9.19. The molecule has 2 amide bonds. The third-order valence-electron chi connectivity index (χ3n) is 5.64. The third kappa shape index (κ3) is 5.90. The third-order valence-corrected chi connectivity index (χ3v) is 6.58. The Hall–Kier alpha value is -2.93. The smallest absolute Gasteiger partial charge is 0.322 e. The van der Waals surface area contributed by atoms with Crippen molar-refractivity contribution in [1.29, 1.82) is 0 Å². The molecular weight excluding hydrogens is 432 g/mol. The highest BCUT2D eigenvalue weighted by atomic mass is 32.2. The second-order valence-corrected chi connectivity index (χ2v) is 10.1. The standard InChI is InChI=1S/C26H32N4O2S/c1-19(2)17-30(26(31)27-22-11-9-20(3)10-12-22)18-23-24(21-7-5-4-6-8-21)28-32-25(23)29-13-15-33-16-14-29/h4-12,19H,13-18H2,1-3H3,(H,27,31). The predicted octanol–water partition coefficient (Wildman–Crippen LogP) is 5.89. The van der Waals surface area contributed by atoms with Gasteiger partial charge in [-0.1, -0.05) is 67.0 Å². The maximum atomic E-state index is 13.3. The minimum Gasteiger partial charge on any atom is -0.339 e. The fourth-order valence-corrected chi connectivity index (χ4v) is 4.87. The average Bonchev–Trinajstić information content (AvgIpc) is 3.24. The number of urea groups is 1. The molecule has 0 unspecified atom stereocenters. The molecule has 3 aromatic rings. The van der Waals surface area contributed by atoms with Crippen molar-refractivity contribution < 1.29 is 9.32 Å². The summed E-state index contributed by atoms with van der Waals surface area (Å²) >= 11 is 1.95. The van der Waals surface area contributed by atoms with E-state index in [1.807, 2.05) is 78.2 Å². The maximum absolute atomic E-state index is 13.3. The topological polar surface area (TPSA) is 61.6 Å². The summed E-state index contributed by atoms with van der Waals surface area (Å²) < 4.78 is 5.92. The van der Waals surface area contributed by atoms with Crippen LogP contribution in [0, 0.1) is 12.8 Å². The summed E-state index contributed by atoms with van der Waals surface area (Å²) in [6.07, 6.45) is 0. The molecule has 1 aromatic heterocycles. The van der Waals surface area contributed by atoms with Crippen molar-refractivity contribution in [2.45, 2.75) is 27.3 Å². The highest BCUT2D eigenvalue weighted by molar-refractivity contribution is 7.99. The Labute approximate surface area is 200 Å². The van der Waals surface area contributed by atoms with Crippen molar-refractivity contribution in [2.75, 3.05) is 41.4 Å². The Balaban J connectivity index is 1.65. The van der Waals surface area contributed by atoms with E-state index < -0.39 is 0 Å². The molecule has 4 rings (SSSR count). The van der Waals surface area contributed by atoms with Gasteiger partial charge in [0.2, 0.25) is 5.88 Å². The zero-order valence-corrected chi connectivity index (χ0v) is 20.4. The monoisotopic (exact) mass is 464 g/mol. The van der Waals surface area contributed by atoms with Gasteiger partial charge >= 0.3 is 6.03 Å². The Morgan fingerprint density at radius 1 is 1.12 bits per heavy atom. The summed E-state index contributed by atoms with van der Waals surface area (Å²) in [5, 5.41) is 7.53. The van der Waals surface area contributed by atoms with Gasteiger partial charge in [0.15, 0.2) is 0 Å². The van der Waals surface area contributed by atoms with E-state index in [0.29, 0.717) is 19.0 Å². The molecule has 1 saturated heterocycles. The van der Waals surface area contributed by atoms with Crippen LogP contribution in [-0.2, 0) is 6.54 Å². The number of thioether (sulfide) groups is 1. The first-order chi connectivity index (χ1) is 16.0. The molecule has 0 aliphatic carbocycles. The first-order valence-electron chi connectivity index (χ1n) is 11.5. The van der Waals surface area contributed by atoms with Crippen LogP contribution in [0.5, 0.6) is 0 Å². The van der Waals surface area contributed by atoms with Gasteiger partial charge in [-0.05, 0) is 25.0 Å². The van der Waals surface area contributed by atoms with Gasteiger partial charge in [-0.3, -0.25) is 0 Å². The molecule has 7 heteroatoms. The highest BCUT2D eigenvalue weighted by Gasteiger charge is 2.27. The first kappa shape index (κ1) is 23.2. The number of nitrogens with zero attached hydrogens (tertiary/aromatic N) is 3. The number of amides is 2. The van der Waals surface area contributed by atoms with E-state index in [1.165, 1.54) is 0 Å². The van der Waals surface area contributed by atoms with Gasteiger partial charge < -0.3 is 19.6 Å². The summed E-state index contributed by atoms with van der Waals surface area (Å²) in [5.41, 5.74) is 4.72. The number of carbonyl (C=O) groups excluding carboxylic acids is 1. The van der Waals surface area contributed by atoms with E-state index in [-0.39, 0.29) is 6.03 Å². The zero-order chi connectivity index (χ0) is 23.2. The fraction of sp³-hybridized carbons (Fsp3) is 0.385. The fourth-order valence-electron chi connectivity index (χ4n) is 3.97. The lowest BCUT2D eigenvalue weighted by molar-refractivity contribution is 0.201. The average molecular weight is 465 g/mol. The molecule has 0 saturated carbocycles. The van der Waals surface area contributed by atoms with E-state index in [4.69, 9.17) is 4.52 Å². The van der Waals surface area contributed by atoms with Crippen LogP contribution >= 0.6 is 11.8 Å². The molecule has 1 fully saturated rings. The minimum absolute atomic E-state index is 0.118. The predicted molar refractivity (Wildman–Crippen MR) is 137 cm³/mol. The van der Waals surface area contributed by atoms with Crippen molar-refractivity contribution in [3.63, 3.8) is 0 Å². The van der Waals surface area contributed by atoms with Crippen molar-refractivity contribution >= 4 is 29.4 Å². The molecule has 6 nitrogen and oxygen atoms in total. The van der Waals surface area contributed by atoms with Crippen molar-refractivity contribution in [3.05, 3.63) is 65.7 Å². The van der Waals surface area contributed by atoms with Gasteiger partial charge in [-0.25, -0.2) is 4.79 Å². The number of hydrogen-bond acceptors (Lipinski definition) is 5. The van der Waals surface area contributed by atoms with Crippen LogP contribution in [-0.4, -0.2) is 47.2 Å². The summed E-state index contributed by atoms with van der Waals surface area (Å²) in [7, 11) is 0. The first-order valence-corrected chi connectivity index (χ1v) is 12.7. The van der Waals surface area contributed by atoms with E-state index in [0.717, 1.165) is 58.6 Å². The number of aryl methyl sites for hydroxylation is 1. The number of hydrogen-bond donors (Lipinski definition) is 1. The lowest BCUT2D eigenvalue weighted by Gasteiger charge is -2.29. The molecule has 2 heterocycles. The molecule has 174 valence electrons. The molecule has 0 radical (unpaired) electrons. The Morgan fingerprint density at radius 2 is 1.82 bits per heavy atom. The van der Waals surface area contributed by atoms with Crippen LogP contribution in [0.1, 0.15) is 25.0 Å². The maximum Gasteiger partial charge on any atom is 0.322 e. The normalized spacial score (nSPS) is 13.9. The minimum atomic E-state index is -0.118. The van der Waals surface area contributed by atoms with Gasteiger partial charge in [-0.15, -0.1) is 0 Å². The van der Waals surface area contributed by atoms with E-state index in [9.17, 15) is 4.79 Å². The van der Waals surface area contributed by atoms with Crippen molar-refractivity contribution in [2.24, 2.45) is 5.92 Å². The van der Waals surface area contributed by atoms with Gasteiger partial charge in [0.1, 0.15) is 5.69 Å². The van der Waals surface area contributed by atoms with E-state index >= 15 is 0 Å². The summed E-state index contributed by atoms with van der Waals surface area (Å²) in [5.74, 6) is 3.23. The van der Waals surface area contributed by atoms with Gasteiger partial charge in [0.05, 0.1) is 12.1 Å². The SMILES string of the molecule is Cc1ccc(NC(=O)N(Cc2c(-c3ccccc3)noc2N2CCSCC2)CC(C)C)cc1. The molecule has 1 aliphatic heterocycles. The molecule has 0 bridgehead atoms. The van der Waals surface area contributed by atoms with Crippen LogP contribution in [0.2, 0.25) is 0 Å². The van der Waals surface area contributed by atoms with Crippen LogP contribution in [0.15, 0.2) is 59.1 Å². The summed E-state index contributed by atoms with van der Waals surface area (Å²) in [4.78, 5) is 17.5. The Kier molecular flexibility index (Phi) is 7.60. The van der Waals surface area contributed by atoms with E-state index in [2.05, 4.69) is 29.2 Å². The van der Waals surface area contributed by atoms with Crippen LogP contribution in [0.3, 0.4) is 0 Å². The lowest BCUT2D eigenvalue weighted by Crippen LogP contribution is -2.38. The molecular formula is C26H32N4O2S. The Morgan fingerprint density at radius 3 is 2.48 bits per heavy atom.